The van der Waals surface area contributed by atoms with Crippen LogP contribution in [0, 0.1) is 13.8 Å². The lowest BCUT2D eigenvalue weighted by Gasteiger charge is -2.12. The van der Waals surface area contributed by atoms with Crippen molar-refractivity contribution in [3.05, 3.63) is 53.6 Å². The van der Waals surface area contributed by atoms with Gasteiger partial charge in [-0.2, -0.15) is 8.78 Å². The Morgan fingerprint density at radius 2 is 1.96 bits per heavy atom. The number of amides is 1. The van der Waals surface area contributed by atoms with E-state index in [4.69, 9.17) is 4.74 Å². The van der Waals surface area contributed by atoms with Gasteiger partial charge in [0.25, 0.3) is 5.76 Å². The summed E-state index contributed by atoms with van der Waals surface area (Å²) < 4.78 is 30.7. The number of thioether (sulfide) groups is 1. The molecule has 6 heteroatoms. The molecule has 0 aliphatic carbocycles. The van der Waals surface area contributed by atoms with Crippen LogP contribution in [0.4, 0.5) is 14.5 Å². The SMILES string of the molecule is Cc1ccc(C)c(OCCC(=O)Nc2ccccc2SC(F)F)c1. The zero-order valence-electron chi connectivity index (χ0n) is 13.5. The van der Waals surface area contributed by atoms with Gasteiger partial charge >= 0.3 is 0 Å². The molecule has 0 bridgehead atoms. The molecular formula is C18H19F2NO2S. The maximum Gasteiger partial charge on any atom is 0.288 e. The van der Waals surface area contributed by atoms with E-state index >= 15 is 0 Å². The summed E-state index contributed by atoms with van der Waals surface area (Å²) in [5.74, 6) is -2.06. The second kappa shape index (κ2) is 8.68. The number of carbonyl (C=O) groups is 1. The molecule has 0 heterocycles. The highest BCUT2D eigenvalue weighted by Crippen LogP contribution is 2.31. The second-order valence-electron chi connectivity index (χ2n) is 5.29. The van der Waals surface area contributed by atoms with Gasteiger partial charge in [-0.15, -0.1) is 0 Å². The molecule has 3 nitrogen and oxygen atoms in total. The monoisotopic (exact) mass is 351 g/mol. The average molecular weight is 351 g/mol. The Morgan fingerprint density at radius 3 is 2.71 bits per heavy atom. The number of alkyl halides is 2. The number of carbonyl (C=O) groups excluding carboxylic acids is 1. The van der Waals surface area contributed by atoms with Gasteiger partial charge < -0.3 is 10.1 Å². The number of rotatable bonds is 7. The van der Waals surface area contributed by atoms with Crippen LogP contribution in [0.5, 0.6) is 5.75 Å². The van der Waals surface area contributed by atoms with Crippen molar-refractivity contribution in [2.45, 2.75) is 30.9 Å². The lowest BCUT2D eigenvalue weighted by atomic mass is 10.1. The minimum atomic E-state index is -2.53. The lowest BCUT2D eigenvalue weighted by molar-refractivity contribution is -0.116. The normalized spacial score (nSPS) is 10.7. The molecule has 0 aromatic heterocycles. The zero-order chi connectivity index (χ0) is 17.5. The van der Waals surface area contributed by atoms with Crippen LogP contribution in [0.2, 0.25) is 0 Å². The largest absolute Gasteiger partial charge is 0.493 e. The van der Waals surface area contributed by atoms with Gasteiger partial charge in [-0.1, -0.05) is 36.0 Å². The highest BCUT2D eigenvalue weighted by atomic mass is 32.2. The number of aryl methyl sites for hydroxylation is 2. The van der Waals surface area contributed by atoms with E-state index in [0.29, 0.717) is 22.3 Å². The highest BCUT2D eigenvalue weighted by molar-refractivity contribution is 7.99. The summed E-state index contributed by atoms with van der Waals surface area (Å²) in [5, 5.41) is 2.66. The third kappa shape index (κ3) is 5.53. The summed E-state index contributed by atoms with van der Waals surface area (Å²) in [6, 6.07) is 12.4. The van der Waals surface area contributed by atoms with Crippen molar-refractivity contribution in [2.24, 2.45) is 0 Å². The third-order valence-corrected chi connectivity index (χ3v) is 4.10. The van der Waals surface area contributed by atoms with E-state index in [-0.39, 0.29) is 18.9 Å². The highest BCUT2D eigenvalue weighted by Gasteiger charge is 2.12. The van der Waals surface area contributed by atoms with Crippen molar-refractivity contribution in [1.29, 1.82) is 0 Å². The van der Waals surface area contributed by atoms with Gasteiger partial charge in [0, 0.05) is 4.90 Å². The van der Waals surface area contributed by atoms with E-state index in [1.54, 1.807) is 24.3 Å². The fourth-order valence-electron chi connectivity index (χ4n) is 2.10. The van der Waals surface area contributed by atoms with Crippen LogP contribution in [0.25, 0.3) is 0 Å². The molecule has 0 atom stereocenters. The number of hydrogen-bond acceptors (Lipinski definition) is 3. The Hall–Kier alpha value is -2.08. The predicted octanol–water partition coefficient (Wildman–Crippen LogP) is 5.03. The lowest BCUT2D eigenvalue weighted by Crippen LogP contribution is -2.16. The first-order chi connectivity index (χ1) is 11.5. The van der Waals surface area contributed by atoms with E-state index in [1.807, 2.05) is 32.0 Å². The summed E-state index contributed by atoms with van der Waals surface area (Å²) in [6.07, 6.45) is 0.140. The number of nitrogens with one attached hydrogen (secondary N) is 1. The molecule has 1 amide bonds. The van der Waals surface area contributed by atoms with Crippen molar-refractivity contribution in [3.63, 3.8) is 0 Å². The fraction of sp³-hybridized carbons (Fsp3) is 0.278. The summed E-state index contributed by atoms with van der Waals surface area (Å²) in [5.41, 5.74) is 2.47. The molecule has 1 N–H and O–H groups in total. The quantitative estimate of drug-likeness (QED) is 0.711. The van der Waals surface area contributed by atoms with Crippen LogP contribution in [-0.4, -0.2) is 18.3 Å². The average Bonchev–Trinajstić information content (AvgIpc) is 2.52. The maximum absolute atomic E-state index is 12.5. The van der Waals surface area contributed by atoms with Crippen LogP contribution in [0.1, 0.15) is 17.5 Å². The van der Waals surface area contributed by atoms with E-state index in [2.05, 4.69) is 5.32 Å². The molecule has 0 saturated carbocycles. The van der Waals surface area contributed by atoms with Gasteiger partial charge in [0.15, 0.2) is 0 Å². The molecular weight excluding hydrogens is 332 g/mol. The first kappa shape index (κ1) is 18.3. The molecule has 2 aromatic rings. The van der Waals surface area contributed by atoms with Gasteiger partial charge in [0.2, 0.25) is 5.91 Å². The second-order valence-corrected chi connectivity index (χ2v) is 6.32. The first-order valence-corrected chi connectivity index (χ1v) is 8.37. The molecule has 0 radical (unpaired) electrons. The molecule has 0 saturated heterocycles. The molecule has 2 rings (SSSR count). The van der Waals surface area contributed by atoms with Crippen molar-refractivity contribution in [3.8, 4) is 5.75 Å². The smallest absolute Gasteiger partial charge is 0.288 e. The first-order valence-electron chi connectivity index (χ1n) is 7.49. The van der Waals surface area contributed by atoms with Gasteiger partial charge in [-0.25, -0.2) is 0 Å². The van der Waals surface area contributed by atoms with Crippen molar-refractivity contribution >= 4 is 23.4 Å². The Labute approximate surface area is 144 Å². The van der Waals surface area contributed by atoms with Gasteiger partial charge in [-0.3, -0.25) is 4.79 Å². The Balaban J connectivity index is 1.89. The Bertz CT molecular complexity index is 707. The minimum Gasteiger partial charge on any atom is -0.493 e. The topological polar surface area (TPSA) is 38.3 Å². The van der Waals surface area contributed by atoms with Gasteiger partial charge in [-0.05, 0) is 43.2 Å². The zero-order valence-corrected chi connectivity index (χ0v) is 14.3. The fourth-order valence-corrected chi connectivity index (χ4v) is 2.69. The van der Waals surface area contributed by atoms with Crippen LogP contribution >= 0.6 is 11.8 Å². The number of ether oxygens (including phenoxy) is 1. The molecule has 0 fully saturated rings. The summed E-state index contributed by atoms with van der Waals surface area (Å²) in [7, 11) is 0. The van der Waals surface area contributed by atoms with E-state index in [0.717, 1.165) is 16.9 Å². The number of para-hydroxylation sites is 1. The van der Waals surface area contributed by atoms with Crippen molar-refractivity contribution in [2.75, 3.05) is 11.9 Å². The van der Waals surface area contributed by atoms with Crippen LogP contribution in [-0.2, 0) is 4.79 Å². The van der Waals surface area contributed by atoms with Crippen LogP contribution in [0.15, 0.2) is 47.4 Å². The minimum absolute atomic E-state index is 0.140. The summed E-state index contributed by atoms with van der Waals surface area (Å²) >= 11 is 0.412. The molecule has 128 valence electrons. The van der Waals surface area contributed by atoms with Crippen molar-refractivity contribution < 1.29 is 18.3 Å². The molecule has 0 unspecified atom stereocenters. The Morgan fingerprint density at radius 1 is 1.21 bits per heavy atom. The third-order valence-electron chi connectivity index (χ3n) is 3.31. The summed E-state index contributed by atoms with van der Waals surface area (Å²) in [4.78, 5) is 12.3. The van der Waals surface area contributed by atoms with Crippen LogP contribution < -0.4 is 10.1 Å². The van der Waals surface area contributed by atoms with E-state index in [9.17, 15) is 13.6 Å². The number of benzene rings is 2. The van der Waals surface area contributed by atoms with Crippen LogP contribution in [0.3, 0.4) is 0 Å². The molecule has 0 aliphatic rings. The molecule has 2 aromatic carbocycles. The number of halogens is 2. The molecule has 0 aliphatic heterocycles. The Kier molecular flexibility index (Phi) is 6.61. The predicted molar refractivity (Wildman–Crippen MR) is 93.0 cm³/mol. The maximum atomic E-state index is 12.5. The van der Waals surface area contributed by atoms with E-state index in [1.165, 1.54) is 0 Å². The standard InChI is InChI=1S/C18H19F2NO2S/c1-12-7-8-13(2)15(11-12)23-10-9-17(22)21-14-5-3-4-6-16(14)24-18(19)20/h3-8,11,18H,9-10H2,1-2H3,(H,21,22). The van der Waals surface area contributed by atoms with Crippen molar-refractivity contribution in [1.82, 2.24) is 0 Å². The molecule has 24 heavy (non-hydrogen) atoms. The van der Waals surface area contributed by atoms with Gasteiger partial charge in [0.1, 0.15) is 5.75 Å². The van der Waals surface area contributed by atoms with Gasteiger partial charge in [0.05, 0.1) is 18.7 Å². The molecule has 0 spiro atoms. The van der Waals surface area contributed by atoms with E-state index < -0.39 is 5.76 Å². The number of hydrogen-bond donors (Lipinski definition) is 1. The summed E-state index contributed by atoms with van der Waals surface area (Å²) in [6.45, 7) is 4.13. The number of anilines is 1.